The molecule has 0 unspecified atom stereocenters. The molecule has 1 fully saturated rings. The molecule has 2 aromatic heterocycles. The van der Waals surface area contributed by atoms with Crippen molar-refractivity contribution in [2.45, 2.75) is 18.9 Å². The highest BCUT2D eigenvalue weighted by Crippen LogP contribution is 2.31. The van der Waals surface area contributed by atoms with E-state index in [9.17, 15) is 9.90 Å². The third-order valence-corrected chi connectivity index (χ3v) is 3.80. The molecule has 5 nitrogen and oxygen atoms in total. The molecule has 1 saturated heterocycles. The van der Waals surface area contributed by atoms with Gasteiger partial charge in [0.2, 0.25) is 0 Å². The van der Waals surface area contributed by atoms with Gasteiger partial charge in [-0.05, 0) is 40.9 Å². The molecule has 1 N–H and O–H groups in total. The van der Waals surface area contributed by atoms with E-state index in [1.54, 1.807) is 12.4 Å². The molecule has 6 heteroatoms. The van der Waals surface area contributed by atoms with E-state index in [1.807, 2.05) is 17.0 Å². The van der Waals surface area contributed by atoms with Crippen LogP contribution in [0.2, 0.25) is 0 Å². The maximum Gasteiger partial charge on any atom is 0.326 e. The van der Waals surface area contributed by atoms with E-state index in [0.29, 0.717) is 6.42 Å². The number of aliphatic carboxylic acids is 1. The van der Waals surface area contributed by atoms with E-state index in [-0.39, 0.29) is 0 Å². The van der Waals surface area contributed by atoms with E-state index in [1.165, 1.54) is 0 Å². The van der Waals surface area contributed by atoms with Gasteiger partial charge in [0.25, 0.3) is 0 Å². The Hall–Kier alpha value is -1.69. The molecule has 1 aliphatic rings. The zero-order valence-corrected chi connectivity index (χ0v) is 11.7. The zero-order valence-electron chi connectivity index (χ0n) is 10.1. The van der Waals surface area contributed by atoms with Gasteiger partial charge < -0.3 is 10.0 Å². The Kier molecular flexibility index (Phi) is 3.10. The van der Waals surface area contributed by atoms with Crippen molar-refractivity contribution in [3.63, 3.8) is 0 Å². The Morgan fingerprint density at radius 2 is 2.32 bits per heavy atom. The lowest BCUT2D eigenvalue weighted by Gasteiger charge is -2.24. The third-order valence-electron chi connectivity index (χ3n) is 3.37. The Morgan fingerprint density at radius 1 is 1.47 bits per heavy atom. The topological polar surface area (TPSA) is 66.3 Å². The average Bonchev–Trinajstić information content (AvgIpc) is 2.86. The van der Waals surface area contributed by atoms with Crippen molar-refractivity contribution in [3.8, 4) is 0 Å². The predicted molar refractivity (Wildman–Crippen MR) is 75.2 cm³/mol. The average molecular weight is 322 g/mol. The quantitative estimate of drug-likeness (QED) is 0.920. The third kappa shape index (κ3) is 2.16. The highest BCUT2D eigenvalue weighted by atomic mass is 79.9. The summed E-state index contributed by atoms with van der Waals surface area (Å²) in [6.45, 7) is 0.744. The maximum atomic E-state index is 11.3. The summed E-state index contributed by atoms with van der Waals surface area (Å²) in [4.78, 5) is 21.9. The van der Waals surface area contributed by atoms with Crippen LogP contribution in [0.4, 0.5) is 5.69 Å². The summed E-state index contributed by atoms with van der Waals surface area (Å²) in [5.74, 6) is -0.778. The number of hydrogen-bond acceptors (Lipinski definition) is 4. The number of pyridine rings is 2. The summed E-state index contributed by atoms with van der Waals surface area (Å²) in [5, 5.41) is 9.28. The fourth-order valence-electron chi connectivity index (χ4n) is 2.54. The van der Waals surface area contributed by atoms with Gasteiger partial charge in [0.15, 0.2) is 0 Å². The molecule has 0 radical (unpaired) electrons. The van der Waals surface area contributed by atoms with Crippen molar-refractivity contribution in [1.29, 1.82) is 0 Å². The predicted octanol–water partition coefficient (Wildman–Crippen LogP) is 2.45. The van der Waals surface area contributed by atoms with Gasteiger partial charge in [-0.1, -0.05) is 0 Å². The first-order valence-corrected chi connectivity index (χ1v) is 6.86. The normalized spacial score (nSPS) is 19.0. The molecule has 0 spiro atoms. The summed E-state index contributed by atoms with van der Waals surface area (Å²) in [6, 6.07) is 3.26. The molecule has 19 heavy (non-hydrogen) atoms. The number of nitrogens with zero attached hydrogens (tertiary/aromatic N) is 3. The van der Waals surface area contributed by atoms with Crippen LogP contribution in [0, 0.1) is 0 Å². The van der Waals surface area contributed by atoms with E-state index >= 15 is 0 Å². The molecule has 98 valence electrons. The number of fused-ring (bicyclic) bond motifs is 1. The van der Waals surface area contributed by atoms with Crippen LogP contribution in [0.3, 0.4) is 0 Å². The minimum absolute atomic E-state index is 0.462. The Labute approximate surface area is 118 Å². The summed E-state index contributed by atoms with van der Waals surface area (Å²) in [5.41, 5.74) is 2.36. The van der Waals surface area contributed by atoms with Gasteiger partial charge in [-0.3, -0.25) is 9.97 Å². The monoisotopic (exact) mass is 321 g/mol. The highest BCUT2D eigenvalue weighted by molar-refractivity contribution is 9.10. The molecule has 1 aliphatic heterocycles. The van der Waals surface area contributed by atoms with Crippen LogP contribution < -0.4 is 4.90 Å². The number of carbonyl (C=O) groups is 1. The van der Waals surface area contributed by atoms with Gasteiger partial charge in [-0.25, -0.2) is 4.79 Å². The number of hydrogen-bond donors (Lipinski definition) is 1. The number of rotatable bonds is 2. The number of anilines is 1. The van der Waals surface area contributed by atoms with Crippen LogP contribution in [0.1, 0.15) is 12.8 Å². The SMILES string of the molecule is O=C(O)[C@@H]1CCCN1c1ccnc2cc(Br)cnc12. The van der Waals surface area contributed by atoms with E-state index in [4.69, 9.17) is 0 Å². The van der Waals surface area contributed by atoms with Crippen LogP contribution in [0.15, 0.2) is 29.0 Å². The lowest BCUT2D eigenvalue weighted by atomic mass is 10.2. The second-order valence-corrected chi connectivity index (χ2v) is 5.46. The van der Waals surface area contributed by atoms with Crippen molar-refractivity contribution >= 4 is 38.6 Å². The molecule has 0 saturated carbocycles. The molecular weight excluding hydrogens is 310 g/mol. The van der Waals surface area contributed by atoms with Crippen LogP contribution in [0.25, 0.3) is 11.0 Å². The van der Waals surface area contributed by atoms with Gasteiger partial charge in [0, 0.05) is 23.4 Å². The number of carboxylic acids is 1. The van der Waals surface area contributed by atoms with Gasteiger partial charge in [-0.2, -0.15) is 0 Å². The van der Waals surface area contributed by atoms with Crippen molar-refractivity contribution in [3.05, 3.63) is 29.0 Å². The second-order valence-electron chi connectivity index (χ2n) is 4.54. The van der Waals surface area contributed by atoms with Crippen LogP contribution >= 0.6 is 15.9 Å². The molecule has 0 aromatic carbocycles. The first-order chi connectivity index (χ1) is 9.16. The first-order valence-electron chi connectivity index (χ1n) is 6.06. The molecule has 3 heterocycles. The van der Waals surface area contributed by atoms with Gasteiger partial charge in [0.1, 0.15) is 11.6 Å². The summed E-state index contributed by atoms with van der Waals surface area (Å²) in [6.07, 6.45) is 4.97. The maximum absolute atomic E-state index is 11.3. The molecular formula is C13H12BrN3O2. The fourth-order valence-corrected chi connectivity index (χ4v) is 2.85. The second kappa shape index (κ2) is 4.77. The van der Waals surface area contributed by atoms with Crippen molar-refractivity contribution < 1.29 is 9.90 Å². The Bertz CT molecular complexity index is 647. The number of carboxylic acid groups (broad SMARTS) is 1. The van der Waals surface area contributed by atoms with E-state index in [2.05, 4.69) is 25.9 Å². The Morgan fingerprint density at radius 3 is 3.11 bits per heavy atom. The van der Waals surface area contributed by atoms with Crippen LogP contribution in [0.5, 0.6) is 0 Å². The standard InChI is InChI=1S/C13H12BrN3O2/c14-8-6-9-12(16-7-8)10(3-4-15-9)17-5-1-2-11(17)13(18)19/h3-4,6-7,11H,1-2,5H2,(H,18,19)/t11-/m0/s1. The lowest BCUT2D eigenvalue weighted by molar-refractivity contribution is -0.138. The van der Waals surface area contributed by atoms with Crippen molar-refractivity contribution in [2.75, 3.05) is 11.4 Å². The molecule has 2 aromatic rings. The zero-order chi connectivity index (χ0) is 13.4. The van der Waals surface area contributed by atoms with Crippen LogP contribution in [-0.2, 0) is 4.79 Å². The lowest BCUT2D eigenvalue weighted by Crippen LogP contribution is -2.36. The Balaban J connectivity index is 2.12. The fraction of sp³-hybridized carbons (Fsp3) is 0.308. The molecule has 3 rings (SSSR count). The summed E-state index contributed by atoms with van der Waals surface area (Å²) in [7, 11) is 0. The molecule has 0 aliphatic carbocycles. The van der Waals surface area contributed by atoms with E-state index < -0.39 is 12.0 Å². The minimum atomic E-state index is -0.778. The van der Waals surface area contributed by atoms with Gasteiger partial charge in [0.05, 0.1) is 11.2 Å². The summed E-state index contributed by atoms with van der Waals surface area (Å²) >= 11 is 3.37. The molecule has 1 atom stereocenters. The largest absolute Gasteiger partial charge is 0.480 e. The minimum Gasteiger partial charge on any atom is -0.480 e. The van der Waals surface area contributed by atoms with Gasteiger partial charge in [-0.15, -0.1) is 0 Å². The van der Waals surface area contributed by atoms with E-state index in [0.717, 1.165) is 34.2 Å². The smallest absolute Gasteiger partial charge is 0.326 e. The van der Waals surface area contributed by atoms with Crippen LogP contribution in [-0.4, -0.2) is 33.6 Å². The van der Waals surface area contributed by atoms with Crippen molar-refractivity contribution in [1.82, 2.24) is 9.97 Å². The number of halogens is 1. The first kappa shape index (κ1) is 12.3. The molecule has 0 bridgehead atoms. The highest BCUT2D eigenvalue weighted by Gasteiger charge is 2.31. The molecule has 0 amide bonds. The van der Waals surface area contributed by atoms with Crippen molar-refractivity contribution in [2.24, 2.45) is 0 Å². The summed E-state index contributed by atoms with van der Waals surface area (Å²) < 4.78 is 0.862. The van der Waals surface area contributed by atoms with Gasteiger partial charge >= 0.3 is 5.97 Å². The number of aromatic nitrogens is 2.